The van der Waals surface area contributed by atoms with Gasteiger partial charge in [0.25, 0.3) is 0 Å². The number of phenols is 1. The second-order valence-corrected chi connectivity index (χ2v) is 3.32. The van der Waals surface area contributed by atoms with E-state index in [2.05, 4.69) is 5.10 Å². The Kier molecular flexibility index (Phi) is 2.07. The molecule has 1 aromatic heterocycles. The summed E-state index contributed by atoms with van der Waals surface area (Å²) in [5, 5.41) is 13.4. The van der Waals surface area contributed by atoms with Crippen LogP contribution in [0, 0.1) is 6.92 Å². The van der Waals surface area contributed by atoms with Crippen LogP contribution in [0.4, 0.5) is 0 Å². The van der Waals surface area contributed by atoms with E-state index in [0.29, 0.717) is 11.5 Å². The van der Waals surface area contributed by atoms with E-state index in [1.807, 2.05) is 0 Å². The Hall–Kier alpha value is -2.04. The zero-order chi connectivity index (χ0) is 11.0. The van der Waals surface area contributed by atoms with Crippen LogP contribution in [0.15, 0.2) is 29.1 Å². The summed E-state index contributed by atoms with van der Waals surface area (Å²) in [4.78, 5) is 11.7. The molecule has 0 spiro atoms. The molecule has 0 atom stereocenters. The summed E-state index contributed by atoms with van der Waals surface area (Å²) in [6.07, 6.45) is 0. The minimum absolute atomic E-state index is 0.114. The first kappa shape index (κ1) is 9.51. The highest BCUT2D eigenvalue weighted by Crippen LogP contribution is 2.12. The third-order valence-corrected chi connectivity index (χ3v) is 2.27. The molecule has 5 nitrogen and oxygen atoms in total. The second kappa shape index (κ2) is 3.27. The zero-order valence-corrected chi connectivity index (χ0v) is 8.51. The number of benzene rings is 1. The summed E-state index contributed by atoms with van der Waals surface area (Å²) >= 11 is 0. The molecule has 0 amide bonds. The third-order valence-electron chi connectivity index (χ3n) is 2.27. The highest BCUT2D eigenvalue weighted by Gasteiger charge is 2.08. The van der Waals surface area contributed by atoms with E-state index in [-0.39, 0.29) is 11.4 Å². The Bertz CT molecular complexity index is 554. The van der Waals surface area contributed by atoms with Gasteiger partial charge in [-0.3, -0.25) is 4.57 Å². The van der Waals surface area contributed by atoms with Gasteiger partial charge in [-0.1, -0.05) is 6.07 Å². The molecule has 0 unspecified atom stereocenters. The predicted molar refractivity (Wildman–Crippen MR) is 55.2 cm³/mol. The summed E-state index contributed by atoms with van der Waals surface area (Å²) in [6.45, 7) is 1.75. The molecular formula is C10H11N3O2. The van der Waals surface area contributed by atoms with Crippen molar-refractivity contribution >= 4 is 0 Å². The smallest absolute Gasteiger partial charge is 0.350 e. The SMILES string of the molecule is Cc1nn(-c2cccc(O)c2)c(=O)n1C. The quantitative estimate of drug-likeness (QED) is 0.741. The fourth-order valence-corrected chi connectivity index (χ4v) is 1.33. The number of rotatable bonds is 1. The molecule has 0 bridgehead atoms. The molecule has 0 aliphatic carbocycles. The third kappa shape index (κ3) is 1.52. The van der Waals surface area contributed by atoms with Crippen molar-refractivity contribution in [3.05, 3.63) is 40.6 Å². The lowest BCUT2D eigenvalue weighted by Gasteiger charge is -1.98. The van der Waals surface area contributed by atoms with Crippen molar-refractivity contribution in [2.75, 3.05) is 0 Å². The Labute approximate surface area is 86.2 Å². The number of hydrogen-bond donors (Lipinski definition) is 1. The first-order valence-corrected chi connectivity index (χ1v) is 4.51. The number of aryl methyl sites for hydroxylation is 1. The monoisotopic (exact) mass is 205 g/mol. The molecule has 15 heavy (non-hydrogen) atoms. The fraction of sp³-hybridized carbons (Fsp3) is 0.200. The molecule has 1 aromatic carbocycles. The van der Waals surface area contributed by atoms with Gasteiger partial charge in [-0.2, -0.15) is 9.78 Å². The molecule has 0 saturated heterocycles. The maximum absolute atomic E-state index is 11.7. The van der Waals surface area contributed by atoms with E-state index < -0.39 is 0 Å². The maximum atomic E-state index is 11.7. The van der Waals surface area contributed by atoms with E-state index in [0.717, 1.165) is 0 Å². The van der Waals surface area contributed by atoms with E-state index in [4.69, 9.17) is 0 Å². The summed E-state index contributed by atoms with van der Waals surface area (Å²) in [6, 6.07) is 6.42. The van der Waals surface area contributed by atoms with Crippen LogP contribution in [0.3, 0.4) is 0 Å². The average molecular weight is 205 g/mol. The zero-order valence-electron chi connectivity index (χ0n) is 8.51. The van der Waals surface area contributed by atoms with Gasteiger partial charge in [0, 0.05) is 13.1 Å². The van der Waals surface area contributed by atoms with E-state index in [9.17, 15) is 9.90 Å². The first-order chi connectivity index (χ1) is 7.09. The molecule has 5 heteroatoms. The van der Waals surface area contributed by atoms with Gasteiger partial charge in [0.1, 0.15) is 11.6 Å². The van der Waals surface area contributed by atoms with E-state index in [1.54, 1.807) is 32.2 Å². The lowest BCUT2D eigenvalue weighted by Crippen LogP contribution is -2.21. The van der Waals surface area contributed by atoms with Crippen LogP contribution in [0.1, 0.15) is 5.82 Å². The maximum Gasteiger partial charge on any atom is 0.350 e. The van der Waals surface area contributed by atoms with Gasteiger partial charge in [0.15, 0.2) is 0 Å². The highest BCUT2D eigenvalue weighted by molar-refractivity contribution is 5.37. The van der Waals surface area contributed by atoms with Crippen molar-refractivity contribution in [2.24, 2.45) is 7.05 Å². The number of aromatic hydroxyl groups is 1. The lowest BCUT2D eigenvalue weighted by atomic mass is 10.3. The highest BCUT2D eigenvalue weighted by atomic mass is 16.3. The predicted octanol–water partition coefficient (Wildman–Crippen LogP) is 0.585. The van der Waals surface area contributed by atoms with Gasteiger partial charge in [-0.15, -0.1) is 0 Å². The van der Waals surface area contributed by atoms with Crippen LogP contribution in [0.25, 0.3) is 5.69 Å². The van der Waals surface area contributed by atoms with Crippen LogP contribution < -0.4 is 5.69 Å². The van der Waals surface area contributed by atoms with Crippen LogP contribution in [0.2, 0.25) is 0 Å². The van der Waals surface area contributed by atoms with Gasteiger partial charge >= 0.3 is 5.69 Å². The molecule has 0 fully saturated rings. The van der Waals surface area contributed by atoms with E-state index in [1.165, 1.54) is 15.3 Å². The molecule has 2 aromatic rings. The van der Waals surface area contributed by atoms with Crippen LogP contribution in [0.5, 0.6) is 5.75 Å². The first-order valence-electron chi connectivity index (χ1n) is 4.51. The number of hydrogen-bond acceptors (Lipinski definition) is 3. The van der Waals surface area contributed by atoms with Gasteiger partial charge in [-0.05, 0) is 19.1 Å². The molecule has 78 valence electrons. The largest absolute Gasteiger partial charge is 0.508 e. The van der Waals surface area contributed by atoms with Crippen LogP contribution in [-0.4, -0.2) is 19.5 Å². The van der Waals surface area contributed by atoms with Gasteiger partial charge < -0.3 is 5.11 Å². The van der Waals surface area contributed by atoms with Crippen LogP contribution >= 0.6 is 0 Å². The van der Waals surface area contributed by atoms with Gasteiger partial charge in [0.05, 0.1) is 5.69 Å². The molecule has 1 heterocycles. The topological polar surface area (TPSA) is 60.0 Å². The number of phenolic OH excluding ortho intramolecular Hbond substituents is 1. The molecule has 0 saturated carbocycles. The van der Waals surface area contributed by atoms with E-state index >= 15 is 0 Å². The molecule has 0 radical (unpaired) electrons. The lowest BCUT2D eigenvalue weighted by molar-refractivity contribution is 0.474. The average Bonchev–Trinajstić information content (AvgIpc) is 2.46. The molecule has 0 aliphatic heterocycles. The molecule has 1 N–H and O–H groups in total. The minimum Gasteiger partial charge on any atom is -0.508 e. The van der Waals surface area contributed by atoms with Crippen molar-refractivity contribution in [1.82, 2.24) is 14.3 Å². The van der Waals surface area contributed by atoms with Crippen molar-refractivity contribution in [2.45, 2.75) is 6.92 Å². The normalized spacial score (nSPS) is 10.5. The van der Waals surface area contributed by atoms with Crippen molar-refractivity contribution in [3.63, 3.8) is 0 Å². The summed E-state index contributed by atoms with van der Waals surface area (Å²) in [5.74, 6) is 0.742. The standard InChI is InChI=1S/C10H11N3O2/c1-7-11-13(10(15)12(7)2)8-4-3-5-9(14)6-8/h3-6,14H,1-2H3. The Balaban J connectivity index is 2.64. The number of aromatic nitrogens is 3. The molecule has 2 rings (SSSR count). The molecule has 0 aliphatic rings. The summed E-state index contributed by atoms with van der Waals surface area (Å²) < 4.78 is 2.71. The fourth-order valence-electron chi connectivity index (χ4n) is 1.33. The Morgan fingerprint density at radius 1 is 1.40 bits per heavy atom. The van der Waals surface area contributed by atoms with Crippen molar-refractivity contribution < 1.29 is 5.11 Å². The Morgan fingerprint density at radius 3 is 2.67 bits per heavy atom. The summed E-state index contributed by atoms with van der Waals surface area (Å²) in [7, 11) is 1.66. The molecular weight excluding hydrogens is 194 g/mol. The Morgan fingerprint density at radius 2 is 2.13 bits per heavy atom. The van der Waals surface area contributed by atoms with Crippen molar-refractivity contribution in [1.29, 1.82) is 0 Å². The minimum atomic E-state index is -0.224. The number of nitrogens with zero attached hydrogens (tertiary/aromatic N) is 3. The summed E-state index contributed by atoms with van der Waals surface area (Å²) in [5.41, 5.74) is 0.335. The van der Waals surface area contributed by atoms with Crippen molar-refractivity contribution in [3.8, 4) is 11.4 Å². The van der Waals surface area contributed by atoms with Crippen LogP contribution in [-0.2, 0) is 7.05 Å². The second-order valence-electron chi connectivity index (χ2n) is 3.32. The van der Waals surface area contributed by atoms with Gasteiger partial charge in [-0.25, -0.2) is 4.79 Å². The van der Waals surface area contributed by atoms with Gasteiger partial charge in [0.2, 0.25) is 0 Å².